The minimum Gasteiger partial charge on any atom is -0.542 e. The molecule has 27 heteroatoms. The number of hydrogen-bond acceptors (Lipinski definition) is 18. The minimum absolute atomic E-state index is 0. The summed E-state index contributed by atoms with van der Waals surface area (Å²) in [6.07, 6.45) is 15.6. The van der Waals surface area contributed by atoms with Gasteiger partial charge in [0.2, 0.25) is 41.9 Å². The van der Waals surface area contributed by atoms with Crippen molar-refractivity contribution in [2.45, 2.75) is 120 Å². The average Bonchev–Trinajstić information content (AvgIpc) is 3.45. The van der Waals surface area contributed by atoms with E-state index in [0.717, 1.165) is 54.3 Å². The quantitative estimate of drug-likeness (QED) is 0.0149. The number of pyridine rings is 1. The van der Waals surface area contributed by atoms with Crippen LogP contribution in [0.25, 0.3) is 0 Å². The summed E-state index contributed by atoms with van der Waals surface area (Å²) < 4.78 is 0. The Morgan fingerprint density at radius 1 is 0.602 bits per heavy atom. The number of amides is 8. The Balaban J connectivity index is 0. The topological polar surface area (TPSA) is 282 Å². The molecule has 0 aliphatic carbocycles. The van der Waals surface area contributed by atoms with E-state index in [9.17, 15) is 43.2 Å². The van der Waals surface area contributed by atoms with E-state index < -0.39 is 18.1 Å². The van der Waals surface area contributed by atoms with Crippen LogP contribution in [0.2, 0.25) is 0 Å². The molecule has 0 saturated carbocycles. The van der Waals surface area contributed by atoms with Gasteiger partial charge in [-0.15, -0.1) is 6.42 Å². The van der Waals surface area contributed by atoms with Gasteiger partial charge in [0.25, 0.3) is 5.91 Å². The number of nitrogens with one attached hydrogen (secondary N) is 8. The van der Waals surface area contributed by atoms with Crippen LogP contribution in [0.1, 0.15) is 107 Å². The second-order valence-corrected chi connectivity index (χ2v) is 23.6. The van der Waals surface area contributed by atoms with E-state index in [4.69, 9.17) is 0 Å². The Morgan fingerprint density at radius 3 is 1.66 bits per heavy atom. The fourth-order valence-corrected chi connectivity index (χ4v) is 10.1. The zero-order valence-electron chi connectivity index (χ0n) is 52.5. The van der Waals surface area contributed by atoms with Gasteiger partial charge in [-0.1, -0.05) is 47.8 Å². The van der Waals surface area contributed by atoms with Crippen LogP contribution in [0.15, 0.2) is 23.4 Å². The SMILES string of the molecule is CCCCCCSSc1ccncc1C(=O)N(CCCNC(=O)C(CCCCNC(=O)CN(C)C)NC(=O)CN(C)C)CCCNC(=O)[C@H](CCCCNC(=O)CN(C)C)NCCN(C)C.CNCCCNC(=O)[C@H](C[C-]=O)N(C)C=O.[Rb+]. The van der Waals surface area contributed by atoms with Gasteiger partial charge in [-0.2, -0.15) is 0 Å². The van der Waals surface area contributed by atoms with E-state index in [1.165, 1.54) is 26.3 Å². The summed E-state index contributed by atoms with van der Waals surface area (Å²) in [4.78, 5) is 126. The van der Waals surface area contributed by atoms with E-state index in [1.807, 2.05) is 60.3 Å². The molecule has 1 aromatic heterocycles. The third kappa shape index (κ3) is 44.0. The molecule has 0 aliphatic heterocycles. The zero-order chi connectivity index (χ0) is 61.5. The van der Waals surface area contributed by atoms with Crippen molar-refractivity contribution in [1.82, 2.24) is 76.9 Å². The van der Waals surface area contributed by atoms with Gasteiger partial charge in [0.05, 0.1) is 37.3 Å². The summed E-state index contributed by atoms with van der Waals surface area (Å²) in [5.41, 5.74) is 0.515. The molecule has 83 heavy (non-hydrogen) atoms. The number of hydrogen-bond donors (Lipinski definition) is 8. The number of carbonyl (C=O) groups is 8. The maximum atomic E-state index is 14.3. The second kappa shape index (κ2) is 53.1. The molecular formula is C56H104N15O9RbS2. The zero-order valence-corrected chi connectivity index (χ0v) is 59.0. The summed E-state index contributed by atoms with van der Waals surface area (Å²) in [7, 11) is 21.5. The molecule has 0 aromatic carbocycles. The Labute approximate surface area is 554 Å². The summed E-state index contributed by atoms with van der Waals surface area (Å²) in [6.45, 7) is 8.08. The number of nitrogens with zero attached hydrogens (tertiary/aromatic N) is 7. The number of aromatic nitrogens is 1. The molecular weight excluding hydrogens is 1180 g/mol. The predicted octanol–water partition coefficient (Wildman–Crippen LogP) is -2.21. The minimum atomic E-state index is -0.760. The van der Waals surface area contributed by atoms with E-state index in [0.29, 0.717) is 109 Å². The molecule has 8 amide bonds. The van der Waals surface area contributed by atoms with Crippen molar-refractivity contribution in [3.8, 4) is 0 Å². The number of unbranched alkanes of at least 4 members (excludes halogenated alkanes) is 5. The molecule has 470 valence electrons. The first-order valence-corrected chi connectivity index (χ1v) is 31.2. The molecule has 1 heterocycles. The molecule has 1 aromatic rings. The van der Waals surface area contributed by atoms with Crippen molar-refractivity contribution in [3.05, 3.63) is 24.0 Å². The molecule has 0 fully saturated rings. The van der Waals surface area contributed by atoms with E-state index in [1.54, 1.807) is 69.1 Å². The molecule has 8 N–H and O–H groups in total. The molecule has 0 radical (unpaired) electrons. The average molecular weight is 1280 g/mol. The van der Waals surface area contributed by atoms with Crippen LogP contribution in [-0.2, 0) is 38.4 Å². The van der Waals surface area contributed by atoms with Gasteiger partial charge in [-0.3, -0.25) is 49.6 Å². The number of likely N-dealkylation sites (N-methyl/N-ethyl adjacent to an activating group) is 5. The number of carbonyl (C=O) groups excluding carboxylic acids is 9. The fourth-order valence-electron chi connectivity index (χ4n) is 7.84. The van der Waals surface area contributed by atoms with Crippen molar-refractivity contribution in [2.24, 2.45) is 0 Å². The summed E-state index contributed by atoms with van der Waals surface area (Å²) in [5, 5.41) is 23.8. The molecule has 24 nitrogen and oxygen atoms in total. The number of rotatable bonds is 48. The summed E-state index contributed by atoms with van der Waals surface area (Å²) in [6, 6.07) is -0.0340. The molecule has 1 unspecified atom stereocenters. The van der Waals surface area contributed by atoms with Gasteiger partial charge in [0.1, 0.15) is 6.04 Å². The van der Waals surface area contributed by atoms with Crippen LogP contribution in [-0.4, -0.2) is 268 Å². The van der Waals surface area contributed by atoms with Gasteiger partial charge in [0, 0.05) is 89.0 Å². The maximum absolute atomic E-state index is 14.3. The van der Waals surface area contributed by atoms with Crippen molar-refractivity contribution in [2.75, 3.05) is 161 Å². The molecule has 0 saturated heterocycles. The van der Waals surface area contributed by atoms with E-state index in [-0.39, 0.29) is 119 Å². The van der Waals surface area contributed by atoms with Crippen LogP contribution in [0.4, 0.5) is 0 Å². The molecule has 0 aliphatic rings. The fraction of sp³-hybridized carbons (Fsp3) is 0.750. The van der Waals surface area contributed by atoms with Gasteiger partial charge in [0.15, 0.2) is 0 Å². The molecule has 0 spiro atoms. The monoisotopic (exact) mass is 1280 g/mol. The predicted molar refractivity (Wildman–Crippen MR) is 329 cm³/mol. The van der Waals surface area contributed by atoms with Crippen molar-refractivity contribution in [3.63, 3.8) is 0 Å². The van der Waals surface area contributed by atoms with Crippen molar-refractivity contribution >= 4 is 75.6 Å². The standard InChI is InChI=1S/C46H86N12O6S2.C10H18N3O3.Rb/c1-10-11-12-17-32-65-66-40-22-27-47-33-37(40)46(64)58(29-18-25-51-44(62)38(48-28-31-54(2)3)20-13-15-23-49-41(59)34-55(4)5)30-19-26-52-45(63)39(53-43(61)36-57(8)9)21-14-16-24-50-42(60)35-56(6)7;1-11-5-3-6-12-10(16)9(4-7-14)13(2)8-15;/h22,27,33,38-39,48H,10-21,23-26,28-32,34-36H2,1-9H3,(H,49,59)(H,50,60)(H,51,62)(H,52,63)(H,53,61);8-9,11H,3-6H2,1-2H3,(H,12,16);/q;-1;+1/t38-,39?;9-;/m00./s1. The Morgan fingerprint density at radius 2 is 1.13 bits per heavy atom. The maximum Gasteiger partial charge on any atom is 1.00 e. The smallest absolute Gasteiger partial charge is 0.542 e. The molecule has 3 atom stereocenters. The third-order valence-corrected chi connectivity index (χ3v) is 14.8. The van der Waals surface area contributed by atoms with Gasteiger partial charge < -0.3 is 76.7 Å². The molecule has 0 bridgehead atoms. The van der Waals surface area contributed by atoms with Crippen LogP contribution < -0.4 is 101 Å². The van der Waals surface area contributed by atoms with Gasteiger partial charge >= 0.3 is 58.2 Å². The first-order valence-electron chi connectivity index (χ1n) is 28.9. The van der Waals surface area contributed by atoms with Crippen molar-refractivity contribution < 1.29 is 101 Å². The molecule has 1 rings (SSSR count). The normalized spacial score (nSPS) is 12.0. The second-order valence-electron chi connectivity index (χ2n) is 21.1. The van der Waals surface area contributed by atoms with Crippen molar-refractivity contribution in [1.29, 1.82) is 0 Å². The Kier molecular flexibility index (Phi) is 52.4. The Bertz CT molecular complexity index is 1970. The summed E-state index contributed by atoms with van der Waals surface area (Å²) in [5.74, 6) is -0.270. The third-order valence-electron chi connectivity index (χ3n) is 12.3. The van der Waals surface area contributed by atoms with E-state index in [2.05, 4.69) is 59.3 Å². The first kappa shape index (κ1) is 81.9. The Hall–Kier alpha value is -3.15. The van der Waals surface area contributed by atoms with Crippen LogP contribution in [0.3, 0.4) is 0 Å². The van der Waals surface area contributed by atoms with Gasteiger partial charge in [-0.25, -0.2) is 0 Å². The van der Waals surface area contributed by atoms with Crippen LogP contribution in [0.5, 0.6) is 0 Å². The van der Waals surface area contributed by atoms with Crippen LogP contribution >= 0.6 is 21.6 Å². The van der Waals surface area contributed by atoms with E-state index >= 15 is 0 Å². The van der Waals surface area contributed by atoms with Crippen LogP contribution in [0, 0.1) is 0 Å². The summed E-state index contributed by atoms with van der Waals surface area (Å²) >= 11 is 0. The largest absolute Gasteiger partial charge is 1.00 e. The first-order chi connectivity index (χ1) is 39.2. The van der Waals surface area contributed by atoms with Gasteiger partial charge in [-0.05, 0) is 140 Å².